The van der Waals surface area contributed by atoms with Crippen LogP contribution in [0.4, 0.5) is 0 Å². The summed E-state index contributed by atoms with van der Waals surface area (Å²) >= 11 is 11.9. The normalized spacial score (nSPS) is 10.4. The minimum absolute atomic E-state index is 0.338. The van der Waals surface area contributed by atoms with E-state index in [2.05, 4.69) is 4.98 Å². The van der Waals surface area contributed by atoms with Gasteiger partial charge in [0.05, 0.1) is 10.7 Å². The first-order valence-corrected chi connectivity index (χ1v) is 6.17. The molecule has 0 aliphatic rings. The van der Waals surface area contributed by atoms with E-state index in [1.807, 2.05) is 12.1 Å². The van der Waals surface area contributed by atoms with E-state index in [0.29, 0.717) is 28.9 Å². The van der Waals surface area contributed by atoms with Crippen molar-refractivity contribution in [1.82, 2.24) is 4.98 Å². The van der Waals surface area contributed by atoms with Crippen molar-refractivity contribution in [1.29, 1.82) is 0 Å². The van der Waals surface area contributed by atoms with Crippen molar-refractivity contribution in [2.24, 2.45) is 5.73 Å². The highest BCUT2D eigenvalue weighted by Crippen LogP contribution is 2.31. The lowest BCUT2D eigenvalue weighted by atomic mass is 10.2. The molecule has 3 nitrogen and oxygen atoms in total. The zero-order valence-corrected chi connectivity index (χ0v) is 11.1. The number of halogens is 2. The second-order valence-electron chi connectivity index (χ2n) is 3.70. The van der Waals surface area contributed by atoms with E-state index in [4.69, 9.17) is 33.7 Å². The number of ether oxygens (including phenoxy) is 1. The van der Waals surface area contributed by atoms with Crippen molar-refractivity contribution < 1.29 is 4.74 Å². The van der Waals surface area contributed by atoms with Crippen LogP contribution >= 0.6 is 23.2 Å². The Bertz CT molecular complexity index is 529. The van der Waals surface area contributed by atoms with E-state index in [9.17, 15) is 0 Å². The van der Waals surface area contributed by atoms with E-state index in [-0.39, 0.29) is 0 Å². The van der Waals surface area contributed by atoms with Crippen LogP contribution in [0.2, 0.25) is 10.0 Å². The second kappa shape index (κ2) is 6.05. The van der Waals surface area contributed by atoms with E-state index in [1.165, 1.54) is 0 Å². The molecule has 1 aromatic heterocycles. The Kier molecular flexibility index (Phi) is 4.42. The zero-order valence-electron chi connectivity index (χ0n) is 9.57. The average Bonchev–Trinajstić information content (AvgIpc) is 2.41. The summed E-state index contributed by atoms with van der Waals surface area (Å²) in [6.45, 7) is 0.819. The van der Waals surface area contributed by atoms with Gasteiger partial charge in [0.25, 0.3) is 0 Å². The highest BCUT2D eigenvalue weighted by molar-refractivity contribution is 6.42. The van der Waals surface area contributed by atoms with Crippen LogP contribution in [0.1, 0.15) is 11.3 Å². The van der Waals surface area contributed by atoms with Crippen LogP contribution in [0.3, 0.4) is 0 Å². The van der Waals surface area contributed by atoms with Crippen molar-refractivity contribution in [2.45, 2.75) is 13.2 Å². The Morgan fingerprint density at radius 2 is 2.00 bits per heavy atom. The predicted molar refractivity (Wildman–Crippen MR) is 72.9 cm³/mol. The molecule has 0 saturated heterocycles. The van der Waals surface area contributed by atoms with Gasteiger partial charge in [-0.25, -0.2) is 0 Å². The molecule has 0 unspecified atom stereocenters. The average molecular weight is 283 g/mol. The topological polar surface area (TPSA) is 48.1 Å². The Balaban J connectivity index is 2.04. The number of benzene rings is 1. The fourth-order valence-corrected chi connectivity index (χ4v) is 1.75. The molecule has 1 aromatic carbocycles. The van der Waals surface area contributed by atoms with Crippen LogP contribution in [-0.4, -0.2) is 4.98 Å². The molecule has 0 bridgehead atoms. The van der Waals surface area contributed by atoms with Gasteiger partial charge in [0, 0.05) is 12.7 Å². The maximum atomic E-state index is 6.01. The number of hydrogen-bond donors (Lipinski definition) is 1. The molecule has 2 rings (SSSR count). The Morgan fingerprint density at radius 1 is 1.17 bits per heavy atom. The van der Waals surface area contributed by atoms with E-state index in [1.54, 1.807) is 24.4 Å². The largest absolute Gasteiger partial charge is 0.486 e. The van der Waals surface area contributed by atoms with Crippen molar-refractivity contribution in [3.8, 4) is 5.75 Å². The first-order chi connectivity index (χ1) is 8.70. The lowest BCUT2D eigenvalue weighted by Gasteiger charge is -2.08. The van der Waals surface area contributed by atoms with Gasteiger partial charge in [-0.15, -0.1) is 0 Å². The lowest BCUT2D eigenvalue weighted by Crippen LogP contribution is -2.01. The second-order valence-corrected chi connectivity index (χ2v) is 4.49. The third-order valence-electron chi connectivity index (χ3n) is 2.41. The summed E-state index contributed by atoms with van der Waals surface area (Å²) in [5.74, 6) is 0.550. The van der Waals surface area contributed by atoms with Crippen molar-refractivity contribution >= 4 is 23.2 Å². The number of hydrogen-bond acceptors (Lipinski definition) is 3. The van der Waals surface area contributed by atoms with Gasteiger partial charge >= 0.3 is 0 Å². The maximum Gasteiger partial charge on any atom is 0.140 e. The van der Waals surface area contributed by atoms with E-state index >= 15 is 0 Å². The number of pyridine rings is 1. The molecule has 94 valence electrons. The Labute approximate surface area is 115 Å². The van der Waals surface area contributed by atoms with Gasteiger partial charge in [0.1, 0.15) is 17.4 Å². The Hall–Kier alpha value is -1.29. The summed E-state index contributed by atoms with van der Waals surface area (Å²) < 4.78 is 5.57. The molecule has 1 heterocycles. The minimum Gasteiger partial charge on any atom is -0.486 e. The first kappa shape index (κ1) is 13.1. The quantitative estimate of drug-likeness (QED) is 0.935. The fraction of sp³-hybridized carbons (Fsp3) is 0.154. The van der Waals surface area contributed by atoms with Gasteiger partial charge in [-0.2, -0.15) is 0 Å². The van der Waals surface area contributed by atoms with Crippen LogP contribution in [0.5, 0.6) is 5.75 Å². The van der Waals surface area contributed by atoms with Gasteiger partial charge in [-0.3, -0.25) is 4.98 Å². The van der Waals surface area contributed by atoms with E-state index < -0.39 is 0 Å². The summed E-state index contributed by atoms with van der Waals surface area (Å²) in [7, 11) is 0. The van der Waals surface area contributed by atoms with Crippen LogP contribution in [0.25, 0.3) is 0 Å². The molecule has 0 aliphatic carbocycles. The molecule has 0 fully saturated rings. The standard InChI is InChI=1S/C13H12Cl2N2O/c14-11-2-1-3-12(13(11)15)18-8-10-5-4-9(6-16)7-17-10/h1-5,7H,6,8,16H2. The molecule has 2 N–H and O–H groups in total. The lowest BCUT2D eigenvalue weighted by molar-refractivity contribution is 0.301. The fourth-order valence-electron chi connectivity index (χ4n) is 1.41. The monoisotopic (exact) mass is 282 g/mol. The van der Waals surface area contributed by atoms with Gasteiger partial charge in [0.15, 0.2) is 0 Å². The molecule has 0 aliphatic heterocycles. The Morgan fingerprint density at radius 3 is 2.67 bits per heavy atom. The highest BCUT2D eigenvalue weighted by Gasteiger charge is 2.05. The summed E-state index contributed by atoms with van der Waals surface area (Å²) in [5.41, 5.74) is 7.29. The summed E-state index contributed by atoms with van der Waals surface area (Å²) in [4.78, 5) is 4.24. The molecule has 2 aromatic rings. The van der Waals surface area contributed by atoms with Crippen molar-refractivity contribution in [3.63, 3.8) is 0 Å². The zero-order chi connectivity index (χ0) is 13.0. The van der Waals surface area contributed by atoms with Crippen LogP contribution in [0, 0.1) is 0 Å². The summed E-state index contributed by atoms with van der Waals surface area (Å²) in [5, 5.41) is 0.887. The molecular formula is C13H12Cl2N2O. The summed E-state index contributed by atoms with van der Waals surface area (Å²) in [6.07, 6.45) is 1.73. The van der Waals surface area contributed by atoms with Crippen LogP contribution < -0.4 is 10.5 Å². The summed E-state index contributed by atoms with van der Waals surface area (Å²) in [6, 6.07) is 9.06. The van der Waals surface area contributed by atoms with Gasteiger partial charge in [-0.1, -0.05) is 35.3 Å². The van der Waals surface area contributed by atoms with Gasteiger partial charge in [-0.05, 0) is 23.8 Å². The molecule has 0 amide bonds. The third kappa shape index (κ3) is 3.13. The van der Waals surface area contributed by atoms with E-state index in [0.717, 1.165) is 11.3 Å². The minimum atomic E-state index is 0.338. The number of nitrogens with two attached hydrogens (primary N) is 1. The van der Waals surface area contributed by atoms with Crippen LogP contribution in [0.15, 0.2) is 36.5 Å². The third-order valence-corrected chi connectivity index (χ3v) is 3.21. The van der Waals surface area contributed by atoms with Gasteiger partial charge in [0.2, 0.25) is 0 Å². The number of rotatable bonds is 4. The SMILES string of the molecule is NCc1ccc(COc2cccc(Cl)c2Cl)nc1. The molecule has 0 spiro atoms. The molecule has 18 heavy (non-hydrogen) atoms. The van der Waals surface area contributed by atoms with Crippen molar-refractivity contribution in [2.75, 3.05) is 0 Å². The predicted octanol–water partition coefficient (Wildman–Crippen LogP) is 3.43. The first-order valence-electron chi connectivity index (χ1n) is 5.41. The highest BCUT2D eigenvalue weighted by atomic mass is 35.5. The number of nitrogens with zero attached hydrogens (tertiary/aromatic N) is 1. The van der Waals surface area contributed by atoms with Crippen LogP contribution in [-0.2, 0) is 13.2 Å². The molecular weight excluding hydrogens is 271 g/mol. The maximum absolute atomic E-state index is 6.01. The van der Waals surface area contributed by atoms with Crippen molar-refractivity contribution in [3.05, 3.63) is 57.8 Å². The number of aromatic nitrogens is 1. The molecule has 0 radical (unpaired) electrons. The molecule has 0 saturated carbocycles. The smallest absolute Gasteiger partial charge is 0.140 e. The molecule has 0 atom stereocenters. The molecule has 5 heteroatoms. The van der Waals surface area contributed by atoms with Gasteiger partial charge < -0.3 is 10.5 Å².